The number of aryl methyl sites for hydroxylation is 1. The molecule has 2 N–H and O–H groups in total. The van der Waals surface area contributed by atoms with Crippen molar-refractivity contribution in [2.45, 2.75) is 46.1 Å². The Bertz CT molecular complexity index is 386. The zero-order valence-corrected chi connectivity index (χ0v) is 12.2. The molecule has 1 atom stereocenters. The standard InChI is InChI=1S/C13H19NO2.C2H6/c1-9-6-5-7-10(8-9)13(2,3)11(14-4)12(15)16;1-2/h5-8,11,14H,1-4H3,(H,15,16);1-2H3. The van der Waals surface area contributed by atoms with Gasteiger partial charge < -0.3 is 10.4 Å². The van der Waals surface area contributed by atoms with Crippen molar-refractivity contribution in [1.82, 2.24) is 5.32 Å². The maximum Gasteiger partial charge on any atom is 0.321 e. The molecular weight excluding hydrogens is 226 g/mol. The molecule has 102 valence electrons. The van der Waals surface area contributed by atoms with Gasteiger partial charge in [-0.25, -0.2) is 0 Å². The van der Waals surface area contributed by atoms with Crippen molar-refractivity contribution in [3.63, 3.8) is 0 Å². The first kappa shape index (κ1) is 16.6. The monoisotopic (exact) mass is 251 g/mol. The molecule has 1 rings (SSSR count). The highest BCUT2D eigenvalue weighted by molar-refractivity contribution is 5.76. The zero-order chi connectivity index (χ0) is 14.3. The first-order chi connectivity index (χ1) is 8.39. The van der Waals surface area contributed by atoms with Gasteiger partial charge in [-0.3, -0.25) is 4.79 Å². The Hall–Kier alpha value is -1.35. The van der Waals surface area contributed by atoms with Crippen LogP contribution in [0.15, 0.2) is 24.3 Å². The van der Waals surface area contributed by atoms with E-state index in [0.29, 0.717) is 0 Å². The minimum absolute atomic E-state index is 0.438. The van der Waals surface area contributed by atoms with E-state index in [1.807, 2.05) is 58.9 Å². The van der Waals surface area contributed by atoms with Crippen LogP contribution in [-0.2, 0) is 10.2 Å². The van der Waals surface area contributed by atoms with Crippen LogP contribution >= 0.6 is 0 Å². The van der Waals surface area contributed by atoms with Crippen molar-refractivity contribution >= 4 is 5.97 Å². The van der Waals surface area contributed by atoms with Crippen LogP contribution in [0, 0.1) is 6.92 Å². The highest BCUT2D eigenvalue weighted by atomic mass is 16.4. The van der Waals surface area contributed by atoms with Gasteiger partial charge in [-0.1, -0.05) is 57.5 Å². The normalized spacial score (nSPS) is 12.3. The summed E-state index contributed by atoms with van der Waals surface area (Å²) in [6, 6.07) is 7.39. The third kappa shape index (κ3) is 3.84. The summed E-state index contributed by atoms with van der Waals surface area (Å²) in [6.45, 7) is 9.89. The van der Waals surface area contributed by atoms with Crippen molar-refractivity contribution in [1.29, 1.82) is 0 Å². The molecule has 0 aromatic heterocycles. The Morgan fingerprint density at radius 2 is 1.89 bits per heavy atom. The van der Waals surface area contributed by atoms with Gasteiger partial charge in [0.05, 0.1) is 0 Å². The van der Waals surface area contributed by atoms with E-state index in [1.165, 1.54) is 0 Å². The number of aliphatic carboxylic acids is 1. The number of carboxylic acids is 1. The largest absolute Gasteiger partial charge is 0.480 e. The Kier molecular flexibility index (Phi) is 6.63. The summed E-state index contributed by atoms with van der Waals surface area (Å²) in [5, 5.41) is 12.0. The number of likely N-dealkylation sites (N-methyl/N-ethyl adjacent to an activating group) is 1. The quantitative estimate of drug-likeness (QED) is 0.865. The average molecular weight is 251 g/mol. The molecule has 0 aliphatic carbocycles. The number of benzene rings is 1. The summed E-state index contributed by atoms with van der Waals surface area (Å²) >= 11 is 0. The maximum atomic E-state index is 11.2. The van der Waals surface area contributed by atoms with Gasteiger partial charge >= 0.3 is 5.97 Å². The predicted molar refractivity (Wildman–Crippen MR) is 76.0 cm³/mol. The maximum absolute atomic E-state index is 11.2. The molecule has 3 nitrogen and oxygen atoms in total. The van der Waals surface area contributed by atoms with Crippen LogP contribution in [0.2, 0.25) is 0 Å². The van der Waals surface area contributed by atoms with E-state index >= 15 is 0 Å². The number of nitrogens with one attached hydrogen (secondary N) is 1. The van der Waals surface area contributed by atoms with Crippen molar-refractivity contribution in [3.05, 3.63) is 35.4 Å². The summed E-state index contributed by atoms with van der Waals surface area (Å²) in [5.74, 6) is -0.825. The van der Waals surface area contributed by atoms with E-state index in [2.05, 4.69) is 5.32 Å². The van der Waals surface area contributed by atoms with Crippen LogP contribution in [0.25, 0.3) is 0 Å². The van der Waals surface area contributed by atoms with E-state index in [1.54, 1.807) is 7.05 Å². The molecule has 0 amide bonds. The first-order valence-corrected chi connectivity index (χ1v) is 6.37. The molecular formula is C15H25NO2. The van der Waals surface area contributed by atoms with Crippen molar-refractivity contribution in [3.8, 4) is 0 Å². The van der Waals surface area contributed by atoms with E-state index < -0.39 is 17.4 Å². The molecule has 18 heavy (non-hydrogen) atoms. The Morgan fingerprint density at radius 1 is 1.33 bits per heavy atom. The summed E-state index contributed by atoms with van der Waals surface area (Å²) < 4.78 is 0. The van der Waals surface area contributed by atoms with Crippen molar-refractivity contribution < 1.29 is 9.90 Å². The molecule has 1 aromatic rings. The molecule has 1 unspecified atom stereocenters. The summed E-state index contributed by atoms with van der Waals surface area (Å²) in [6.07, 6.45) is 0. The zero-order valence-electron chi connectivity index (χ0n) is 12.2. The van der Waals surface area contributed by atoms with Crippen LogP contribution in [-0.4, -0.2) is 24.2 Å². The Balaban J connectivity index is 0.00000137. The predicted octanol–water partition coefficient (Wildman–Crippen LogP) is 2.97. The number of carbonyl (C=O) groups is 1. The van der Waals surface area contributed by atoms with Crippen molar-refractivity contribution in [2.24, 2.45) is 0 Å². The van der Waals surface area contributed by atoms with Gasteiger partial charge in [0.1, 0.15) is 6.04 Å². The topological polar surface area (TPSA) is 49.3 Å². The fraction of sp³-hybridized carbons (Fsp3) is 0.533. The number of hydrogen-bond acceptors (Lipinski definition) is 2. The summed E-state index contributed by atoms with van der Waals surface area (Å²) in [5.41, 5.74) is 1.74. The molecule has 3 heteroatoms. The molecule has 0 saturated heterocycles. The Labute approximate surface area is 110 Å². The van der Waals surface area contributed by atoms with Gasteiger partial charge in [0.15, 0.2) is 0 Å². The van der Waals surface area contributed by atoms with Gasteiger partial charge in [-0.05, 0) is 19.5 Å². The molecule has 0 heterocycles. The first-order valence-electron chi connectivity index (χ1n) is 6.37. The number of carboxylic acid groups (broad SMARTS) is 1. The summed E-state index contributed by atoms with van der Waals surface area (Å²) in [4.78, 5) is 11.2. The van der Waals surface area contributed by atoms with Crippen LogP contribution in [0.4, 0.5) is 0 Å². The lowest BCUT2D eigenvalue weighted by molar-refractivity contribution is -0.141. The van der Waals surface area contributed by atoms with Crippen LogP contribution in [0.3, 0.4) is 0 Å². The van der Waals surface area contributed by atoms with Crippen LogP contribution < -0.4 is 5.32 Å². The highest BCUT2D eigenvalue weighted by Gasteiger charge is 2.35. The van der Waals surface area contributed by atoms with Crippen molar-refractivity contribution in [2.75, 3.05) is 7.05 Å². The van der Waals surface area contributed by atoms with E-state index in [9.17, 15) is 9.90 Å². The number of hydrogen-bond donors (Lipinski definition) is 2. The Morgan fingerprint density at radius 3 is 2.28 bits per heavy atom. The highest BCUT2D eigenvalue weighted by Crippen LogP contribution is 2.27. The minimum atomic E-state index is -0.825. The lowest BCUT2D eigenvalue weighted by atomic mass is 9.77. The van der Waals surface area contributed by atoms with E-state index in [4.69, 9.17) is 0 Å². The molecule has 0 saturated carbocycles. The molecule has 1 aromatic carbocycles. The second-order valence-corrected chi connectivity index (χ2v) is 4.65. The third-order valence-electron chi connectivity index (χ3n) is 3.02. The van der Waals surface area contributed by atoms with E-state index in [-0.39, 0.29) is 0 Å². The fourth-order valence-electron chi connectivity index (χ4n) is 2.01. The molecule has 0 fully saturated rings. The second-order valence-electron chi connectivity index (χ2n) is 4.65. The minimum Gasteiger partial charge on any atom is -0.480 e. The average Bonchev–Trinajstić information content (AvgIpc) is 2.31. The lowest BCUT2D eigenvalue weighted by Gasteiger charge is -2.32. The number of rotatable bonds is 4. The smallest absolute Gasteiger partial charge is 0.321 e. The lowest BCUT2D eigenvalue weighted by Crippen LogP contribution is -2.48. The summed E-state index contributed by atoms with van der Waals surface area (Å²) in [7, 11) is 1.68. The SMILES string of the molecule is CC.CNC(C(=O)O)C(C)(C)c1cccc(C)c1. The van der Waals surface area contributed by atoms with Gasteiger partial charge in [-0.2, -0.15) is 0 Å². The molecule has 0 aliphatic rings. The van der Waals surface area contributed by atoms with Gasteiger partial charge in [0, 0.05) is 5.41 Å². The molecule has 0 aliphatic heterocycles. The van der Waals surface area contributed by atoms with Gasteiger partial charge in [0.2, 0.25) is 0 Å². The third-order valence-corrected chi connectivity index (χ3v) is 3.02. The molecule has 0 radical (unpaired) electrons. The van der Waals surface area contributed by atoms with Crippen LogP contribution in [0.1, 0.15) is 38.8 Å². The van der Waals surface area contributed by atoms with E-state index in [0.717, 1.165) is 11.1 Å². The molecule has 0 bridgehead atoms. The molecule has 0 spiro atoms. The van der Waals surface area contributed by atoms with Gasteiger partial charge in [-0.15, -0.1) is 0 Å². The second kappa shape index (κ2) is 7.17. The van der Waals surface area contributed by atoms with Gasteiger partial charge in [0.25, 0.3) is 0 Å². The van der Waals surface area contributed by atoms with Crippen LogP contribution in [0.5, 0.6) is 0 Å². The fourth-order valence-corrected chi connectivity index (χ4v) is 2.01.